The summed E-state index contributed by atoms with van der Waals surface area (Å²) in [5.41, 5.74) is 3.02. The van der Waals surface area contributed by atoms with E-state index >= 15 is 0 Å². The highest BCUT2D eigenvalue weighted by molar-refractivity contribution is 5.94. The van der Waals surface area contributed by atoms with Crippen molar-refractivity contribution in [1.82, 2.24) is 9.88 Å². The average molecular weight is 369 g/mol. The van der Waals surface area contributed by atoms with E-state index in [0.717, 1.165) is 49.2 Å². The fraction of sp³-hybridized carbons (Fsp3) is 0.429. The van der Waals surface area contributed by atoms with Gasteiger partial charge in [-0.05, 0) is 61.9 Å². The molecule has 1 amide bonds. The zero-order valence-electron chi connectivity index (χ0n) is 15.5. The smallest absolute Gasteiger partial charge is 0.272 e. The van der Waals surface area contributed by atoms with Crippen LogP contribution in [0.4, 0.5) is 10.1 Å². The quantitative estimate of drug-likeness (QED) is 0.898. The third-order valence-electron chi connectivity index (χ3n) is 5.09. The summed E-state index contributed by atoms with van der Waals surface area (Å²) in [5, 5.41) is 3.37. The van der Waals surface area contributed by atoms with Crippen LogP contribution in [0.2, 0.25) is 0 Å². The van der Waals surface area contributed by atoms with Gasteiger partial charge in [0.2, 0.25) is 5.88 Å². The number of halogens is 1. The summed E-state index contributed by atoms with van der Waals surface area (Å²) in [7, 11) is 0. The van der Waals surface area contributed by atoms with E-state index in [1.165, 1.54) is 12.1 Å². The minimum atomic E-state index is -0.268. The van der Waals surface area contributed by atoms with Gasteiger partial charge in [-0.3, -0.25) is 4.79 Å². The summed E-state index contributed by atoms with van der Waals surface area (Å²) < 4.78 is 19.0. The molecule has 142 valence electrons. The molecule has 6 heteroatoms. The highest BCUT2D eigenvalue weighted by Crippen LogP contribution is 2.31. The lowest BCUT2D eigenvalue weighted by atomic mass is 10.0. The van der Waals surface area contributed by atoms with Gasteiger partial charge in [-0.15, -0.1) is 0 Å². The van der Waals surface area contributed by atoms with E-state index in [0.29, 0.717) is 24.6 Å². The van der Waals surface area contributed by atoms with Crippen LogP contribution < -0.4 is 10.1 Å². The molecule has 2 aromatic rings. The molecule has 3 heterocycles. The van der Waals surface area contributed by atoms with Gasteiger partial charge >= 0.3 is 0 Å². The molecule has 2 aliphatic heterocycles. The minimum Gasteiger partial charge on any atom is -0.474 e. The average Bonchev–Trinajstić information content (AvgIpc) is 2.69. The van der Waals surface area contributed by atoms with Gasteiger partial charge in [0.05, 0.1) is 11.7 Å². The first-order valence-corrected chi connectivity index (χ1v) is 9.57. The number of likely N-dealkylation sites (tertiary alicyclic amines) is 1. The molecule has 4 rings (SSSR count). The number of hydrogen-bond acceptors (Lipinski definition) is 4. The molecule has 27 heavy (non-hydrogen) atoms. The van der Waals surface area contributed by atoms with Crippen LogP contribution in [-0.2, 0) is 6.42 Å². The third-order valence-corrected chi connectivity index (χ3v) is 5.09. The van der Waals surface area contributed by atoms with Crippen molar-refractivity contribution in [3.63, 3.8) is 0 Å². The molecular weight excluding hydrogens is 345 g/mol. The summed E-state index contributed by atoms with van der Waals surface area (Å²) in [6, 6.07) is 8.51. The number of hydrogen-bond donors (Lipinski definition) is 1. The SMILES string of the molecule is CC1COc2nc(C(=O)N3CCCCC3)c(Cc3ccc(F)cc3)cc2N1. The van der Waals surface area contributed by atoms with Crippen molar-refractivity contribution >= 4 is 11.6 Å². The monoisotopic (exact) mass is 369 g/mol. The molecule has 0 spiro atoms. The summed E-state index contributed by atoms with van der Waals surface area (Å²) >= 11 is 0. The molecule has 2 aliphatic rings. The number of nitrogens with zero attached hydrogens (tertiary/aromatic N) is 2. The number of ether oxygens (including phenoxy) is 1. The van der Waals surface area contributed by atoms with Crippen molar-refractivity contribution in [2.45, 2.75) is 38.6 Å². The standard InChI is InChI=1S/C21H24FN3O2/c1-14-13-27-20-18(23-14)12-16(11-15-5-7-17(22)8-6-15)19(24-20)21(26)25-9-3-2-4-10-25/h5-8,12,14,23H,2-4,9-11,13H2,1H3. The Morgan fingerprint density at radius 1 is 1.26 bits per heavy atom. The molecule has 1 aromatic heterocycles. The molecule has 1 saturated heterocycles. The van der Waals surface area contributed by atoms with Crippen LogP contribution in [0, 0.1) is 5.82 Å². The molecule has 0 bridgehead atoms. The number of carbonyl (C=O) groups excluding carboxylic acids is 1. The van der Waals surface area contributed by atoms with Crippen molar-refractivity contribution < 1.29 is 13.9 Å². The Kier molecular flexibility index (Phi) is 4.97. The molecule has 1 fully saturated rings. The second-order valence-electron chi connectivity index (χ2n) is 7.36. The minimum absolute atomic E-state index is 0.0446. The molecule has 0 radical (unpaired) electrons. The van der Waals surface area contributed by atoms with Crippen LogP contribution in [0.3, 0.4) is 0 Å². The summed E-state index contributed by atoms with van der Waals surface area (Å²) in [4.78, 5) is 19.6. The van der Waals surface area contributed by atoms with Crippen molar-refractivity contribution in [3.05, 3.63) is 53.0 Å². The molecule has 0 aliphatic carbocycles. The van der Waals surface area contributed by atoms with E-state index < -0.39 is 0 Å². The maximum Gasteiger partial charge on any atom is 0.272 e. The molecule has 5 nitrogen and oxygen atoms in total. The van der Waals surface area contributed by atoms with Gasteiger partial charge in [-0.2, -0.15) is 0 Å². The number of fused-ring (bicyclic) bond motifs is 1. The predicted octanol–water partition coefficient (Wildman–Crippen LogP) is 3.63. The van der Waals surface area contributed by atoms with Crippen LogP contribution >= 0.6 is 0 Å². The highest BCUT2D eigenvalue weighted by Gasteiger charge is 2.26. The third kappa shape index (κ3) is 3.89. The molecule has 1 N–H and O–H groups in total. The van der Waals surface area contributed by atoms with Gasteiger partial charge < -0.3 is 15.0 Å². The first-order valence-electron chi connectivity index (χ1n) is 9.57. The van der Waals surface area contributed by atoms with E-state index in [1.807, 2.05) is 17.9 Å². The zero-order chi connectivity index (χ0) is 18.8. The number of carbonyl (C=O) groups is 1. The Labute approximate surface area is 158 Å². The number of benzene rings is 1. The molecule has 1 unspecified atom stereocenters. The number of piperidine rings is 1. The van der Waals surface area contributed by atoms with E-state index in [4.69, 9.17) is 4.74 Å². The number of pyridine rings is 1. The van der Waals surface area contributed by atoms with Crippen LogP contribution in [-0.4, -0.2) is 41.5 Å². The van der Waals surface area contributed by atoms with E-state index in [2.05, 4.69) is 10.3 Å². The number of anilines is 1. The number of rotatable bonds is 3. The van der Waals surface area contributed by atoms with Gasteiger partial charge in [0.15, 0.2) is 0 Å². The maximum absolute atomic E-state index is 13.2. The van der Waals surface area contributed by atoms with E-state index in [1.54, 1.807) is 12.1 Å². The summed E-state index contributed by atoms with van der Waals surface area (Å²) in [6.45, 7) is 4.09. The Morgan fingerprint density at radius 2 is 2.00 bits per heavy atom. The van der Waals surface area contributed by atoms with Crippen LogP contribution in [0.15, 0.2) is 30.3 Å². The first-order chi connectivity index (χ1) is 13.1. The second-order valence-corrected chi connectivity index (χ2v) is 7.36. The van der Waals surface area contributed by atoms with Gasteiger partial charge in [0, 0.05) is 13.1 Å². The fourth-order valence-corrected chi connectivity index (χ4v) is 3.65. The molecular formula is C21H24FN3O2. The van der Waals surface area contributed by atoms with Gasteiger partial charge in [0.1, 0.15) is 18.1 Å². The Balaban J connectivity index is 1.70. The van der Waals surface area contributed by atoms with E-state index in [-0.39, 0.29) is 17.8 Å². The Hall–Kier alpha value is -2.63. The molecule has 1 atom stereocenters. The van der Waals surface area contributed by atoms with Gasteiger partial charge in [0.25, 0.3) is 5.91 Å². The fourth-order valence-electron chi connectivity index (χ4n) is 3.65. The second kappa shape index (κ2) is 7.55. The number of aromatic nitrogens is 1. The lowest BCUT2D eigenvalue weighted by Crippen LogP contribution is -2.37. The Morgan fingerprint density at radius 3 is 2.74 bits per heavy atom. The van der Waals surface area contributed by atoms with Crippen molar-refractivity contribution in [2.24, 2.45) is 0 Å². The van der Waals surface area contributed by atoms with E-state index in [9.17, 15) is 9.18 Å². The number of amides is 1. The normalized spacial score (nSPS) is 19.0. The number of nitrogens with one attached hydrogen (secondary N) is 1. The van der Waals surface area contributed by atoms with Crippen molar-refractivity contribution in [3.8, 4) is 5.88 Å². The van der Waals surface area contributed by atoms with Crippen LogP contribution in [0.5, 0.6) is 5.88 Å². The first kappa shape index (κ1) is 17.8. The van der Waals surface area contributed by atoms with Crippen molar-refractivity contribution in [1.29, 1.82) is 0 Å². The summed E-state index contributed by atoms with van der Waals surface area (Å²) in [5.74, 6) is 0.170. The van der Waals surface area contributed by atoms with Crippen LogP contribution in [0.1, 0.15) is 47.8 Å². The van der Waals surface area contributed by atoms with Gasteiger partial charge in [-0.1, -0.05) is 12.1 Å². The topological polar surface area (TPSA) is 54.5 Å². The Bertz CT molecular complexity index is 832. The predicted molar refractivity (Wildman–Crippen MR) is 102 cm³/mol. The van der Waals surface area contributed by atoms with Crippen molar-refractivity contribution in [2.75, 3.05) is 25.0 Å². The highest BCUT2D eigenvalue weighted by atomic mass is 19.1. The lowest BCUT2D eigenvalue weighted by molar-refractivity contribution is 0.0716. The lowest BCUT2D eigenvalue weighted by Gasteiger charge is -2.29. The van der Waals surface area contributed by atoms with Crippen LogP contribution in [0.25, 0.3) is 0 Å². The maximum atomic E-state index is 13.2. The molecule has 1 aromatic carbocycles. The summed E-state index contributed by atoms with van der Waals surface area (Å²) in [6.07, 6.45) is 3.74. The zero-order valence-corrected chi connectivity index (χ0v) is 15.5. The largest absolute Gasteiger partial charge is 0.474 e. The molecule has 0 saturated carbocycles. The van der Waals surface area contributed by atoms with Gasteiger partial charge in [-0.25, -0.2) is 9.37 Å².